The van der Waals surface area contributed by atoms with E-state index < -0.39 is 95.1 Å². The summed E-state index contributed by atoms with van der Waals surface area (Å²) in [5.41, 5.74) is -3.72. The van der Waals surface area contributed by atoms with Crippen molar-refractivity contribution in [3.05, 3.63) is 58.4 Å². The Balaban J connectivity index is 1.73. The van der Waals surface area contributed by atoms with E-state index >= 15 is 0 Å². The van der Waals surface area contributed by atoms with Gasteiger partial charge < -0.3 is 25.3 Å². The zero-order valence-corrected chi connectivity index (χ0v) is 21.3. The second-order valence-corrected chi connectivity index (χ2v) is 9.60. The Hall–Kier alpha value is -4.83. The number of carbonyl (C=O) groups is 3. The Kier molecular flexibility index (Phi) is 8.31. The lowest BCUT2D eigenvalue weighted by Gasteiger charge is -2.28. The summed E-state index contributed by atoms with van der Waals surface area (Å²) in [7, 11) is 0. The minimum absolute atomic E-state index is 0.0273. The average Bonchev–Trinajstić information content (AvgIpc) is 3.33. The number of Topliss-reactive ketones (excluding diaryl/α,β-unsaturated/α-hetero) is 1. The third kappa shape index (κ3) is 6.39. The number of carbonyl (C=O) groups excluding carboxylic acids is 2. The third-order valence-electron chi connectivity index (χ3n) is 6.74. The van der Waals surface area contributed by atoms with Crippen molar-refractivity contribution in [2.45, 2.75) is 44.4 Å². The fourth-order valence-corrected chi connectivity index (χ4v) is 4.87. The maximum absolute atomic E-state index is 14.3. The number of aliphatic carboxylic acids is 1. The second kappa shape index (κ2) is 11.6. The highest BCUT2D eigenvalue weighted by molar-refractivity contribution is 6.04. The van der Waals surface area contributed by atoms with E-state index in [1.807, 2.05) is 0 Å². The van der Waals surface area contributed by atoms with Crippen LogP contribution >= 0.6 is 0 Å². The summed E-state index contributed by atoms with van der Waals surface area (Å²) in [6.07, 6.45) is -4.31. The summed E-state index contributed by atoms with van der Waals surface area (Å²) in [5.74, 6) is -9.10. The largest absolute Gasteiger partial charge is 0.492 e. The monoisotopic (exact) mass is 599 g/mol. The van der Waals surface area contributed by atoms with Crippen LogP contribution in [0.2, 0.25) is 0 Å². The van der Waals surface area contributed by atoms with E-state index in [4.69, 9.17) is 0 Å². The molecular weight excluding hydrogens is 577 g/mol. The van der Waals surface area contributed by atoms with Gasteiger partial charge in [-0.3, -0.25) is 19.1 Å². The molecule has 0 spiro atoms. The van der Waals surface area contributed by atoms with Gasteiger partial charge in [0.1, 0.15) is 17.2 Å². The first-order chi connectivity index (χ1) is 19.6. The highest BCUT2D eigenvalue weighted by Gasteiger charge is 2.43. The molecule has 17 heteroatoms. The number of nitrogens with zero attached hydrogens (tertiary/aromatic N) is 5. The van der Waals surface area contributed by atoms with Crippen molar-refractivity contribution >= 4 is 17.7 Å². The van der Waals surface area contributed by atoms with Gasteiger partial charge in [-0.15, -0.1) is 0 Å². The first-order valence-corrected chi connectivity index (χ1v) is 12.3. The molecule has 224 valence electrons. The van der Waals surface area contributed by atoms with Gasteiger partial charge in [0.2, 0.25) is 11.8 Å². The molecule has 4 rings (SSSR count). The first kappa shape index (κ1) is 30.1. The standard InChI is InChI=1S/C25H22F5N5O7/c26-13-5-11(6-14(27)7-13)9-34(10-17(36)18-20(37)32-24(42)33-21(18)38)22(39)16-8-31-35(19(16)25(28,29)30)15-3-1-12(2-4-15)23(40)41/h5-8,12,15H,1-4,9-10H2,(H,40,41)(H3,32,33,37,38,42)/t12-,15-. The molecule has 1 saturated carbocycles. The smallest absolute Gasteiger partial charge is 0.433 e. The summed E-state index contributed by atoms with van der Waals surface area (Å²) < 4.78 is 71.3. The molecule has 4 N–H and O–H groups in total. The quantitative estimate of drug-likeness (QED) is 0.221. The van der Waals surface area contributed by atoms with E-state index in [9.17, 15) is 56.8 Å². The van der Waals surface area contributed by atoms with Crippen LogP contribution in [0.1, 0.15) is 63.7 Å². The molecule has 0 radical (unpaired) electrons. The molecule has 1 amide bonds. The molecule has 1 aliphatic carbocycles. The number of halogens is 5. The zero-order chi connectivity index (χ0) is 30.9. The van der Waals surface area contributed by atoms with Crippen LogP contribution in [-0.2, 0) is 17.5 Å². The van der Waals surface area contributed by atoms with Gasteiger partial charge in [0, 0.05) is 12.6 Å². The summed E-state index contributed by atoms with van der Waals surface area (Å²) in [5, 5.41) is 42.1. The Morgan fingerprint density at radius 3 is 2.05 bits per heavy atom. The molecule has 0 unspecified atom stereocenters. The van der Waals surface area contributed by atoms with Crippen LogP contribution in [0.3, 0.4) is 0 Å². The number of amides is 1. The molecule has 0 atom stereocenters. The predicted octanol–water partition coefficient (Wildman–Crippen LogP) is 3.43. The Bertz CT molecular complexity index is 1490. The SMILES string of the molecule is O=C(CN(Cc1cc(F)cc(F)c1)C(=O)c1cnn([C@H]2CC[C@H](C(=O)O)CC2)c1C(F)(F)F)c1c(O)nc(O)nc1O. The van der Waals surface area contributed by atoms with Crippen LogP contribution in [0.5, 0.6) is 17.8 Å². The topological polar surface area (TPSA) is 179 Å². The van der Waals surface area contributed by atoms with E-state index in [0.717, 1.165) is 12.1 Å². The van der Waals surface area contributed by atoms with Gasteiger partial charge in [0.05, 0.1) is 30.3 Å². The molecule has 1 fully saturated rings. The highest BCUT2D eigenvalue weighted by atomic mass is 19.4. The lowest BCUT2D eigenvalue weighted by Crippen LogP contribution is -2.37. The Morgan fingerprint density at radius 1 is 0.952 bits per heavy atom. The van der Waals surface area contributed by atoms with E-state index in [2.05, 4.69) is 15.1 Å². The lowest BCUT2D eigenvalue weighted by atomic mass is 9.86. The second-order valence-electron chi connectivity index (χ2n) is 9.60. The van der Waals surface area contributed by atoms with Crippen molar-refractivity contribution in [3.63, 3.8) is 0 Å². The lowest BCUT2D eigenvalue weighted by molar-refractivity contribution is -0.147. The number of hydrogen-bond acceptors (Lipinski definition) is 9. The first-order valence-electron chi connectivity index (χ1n) is 12.3. The number of aromatic nitrogens is 4. The van der Waals surface area contributed by atoms with E-state index in [1.165, 1.54) is 0 Å². The summed E-state index contributed by atoms with van der Waals surface area (Å²) in [6, 6.07) is 0.0665. The Labute approximate surface area is 232 Å². The van der Waals surface area contributed by atoms with Gasteiger partial charge in [-0.2, -0.15) is 28.2 Å². The number of aromatic hydroxyl groups is 3. The molecule has 3 aromatic rings. The number of hydrogen-bond donors (Lipinski definition) is 4. The van der Waals surface area contributed by atoms with Crippen LogP contribution in [0.25, 0.3) is 0 Å². The third-order valence-corrected chi connectivity index (χ3v) is 6.74. The maximum Gasteiger partial charge on any atom is 0.433 e. The average molecular weight is 599 g/mol. The fourth-order valence-electron chi connectivity index (χ4n) is 4.87. The minimum Gasteiger partial charge on any atom is -0.492 e. The molecule has 2 aromatic heterocycles. The van der Waals surface area contributed by atoms with Gasteiger partial charge in [-0.05, 0) is 43.4 Å². The number of benzene rings is 1. The van der Waals surface area contributed by atoms with Crippen molar-refractivity contribution < 1.29 is 56.8 Å². The van der Waals surface area contributed by atoms with Crippen LogP contribution in [-0.4, -0.2) is 69.3 Å². The van der Waals surface area contributed by atoms with Crippen LogP contribution in [0.4, 0.5) is 22.0 Å². The molecule has 0 bridgehead atoms. The van der Waals surface area contributed by atoms with Gasteiger partial charge in [0.15, 0.2) is 11.5 Å². The van der Waals surface area contributed by atoms with E-state index in [-0.39, 0.29) is 31.2 Å². The predicted molar refractivity (Wildman–Crippen MR) is 128 cm³/mol. The van der Waals surface area contributed by atoms with E-state index in [1.54, 1.807) is 0 Å². The minimum atomic E-state index is -5.15. The van der Waals surface area contributed by atoms with Gasteiger partial charge in [0.25, 0.3) is 5.91 Å². The van der Waals surface area contributed by atoms with Crippen molar-refractivity contribution in [2.24, 2.45) is 5.92 Å². The molecule has 2 heterocycles. The molecule has 1 aromatic carbocycles. The number of ketones is 1. The van der Waals surface area contributed by atoms with Crippen molar-refractivity contribution in [1.82, 2.24) is 24.6 Å². The van der Waals surface area contributed by atoms with Gasteiger partial charge in [-0.1, -0.05) is 0 Å². The van der Waals surface area contributed by atoms with Crippen molar-refractivity contribution in [2.75, 3.05) is 6.54 Å². The summed E-state index contributed by atoms with van der Waals surface area (Å²) in [4.78, 5) is 44.5. The van der Waals surface area contributed by atoms with E-state index in [0.29, 0.717) is 21.8 Å². The normalized spacial score (nSPS) is 17.2. The number of rotatable bonds is 8. The molecule has 0 saturated heterocycles. The molecule has 1 aliphatic rings. The summed E-state index contributed by atoms with van der Waals surface area (Å²) in [6.45, 7) is -1.94. The molecule has 0 aliphatic heterocycles. The van der Waals surface area contributed by atoms with Crippen molar-refractivity contribution in [1.29, 1.82) is 0 Å². The van der Waals surface area contributed by atoms with Crippen LogP contribution < -0.4 is 0 Å². The van der Waals surface area contributed by atoms with Crippen LogP contribution in [0, 0.1) is 17.6 Å². The van der Waals surface area contributed by atoms with Crippen molar-refractivity contribution in [3.8, 4) is 17.8 Å². The number of carboxylic acids is 1. The molecule has 12 nitrogen and oxygen atoms in total. The fraction of sp³-hybridized carbons (Fsp3) is 0.360. The highest BCUT2D eigenvalue weighted by Crippen LogP contribution is 2.39. The molecule has 42 heavy (non-hydrogen) atoms. The number of carboxylic acid groups (broad SMARTS) is 1. The van der Waals surface area contributed by atoms with Gasteiger partial charge >= 0.3 is 18.2 Å². The summed E-state index contributed by atoms with van der Waals surface area (Å²) >= 11 is 0. The van der Waals surface area contributed by atoms with Gasteiger partial charge in [-0.25, -0.2) is 8.78 Å². The molecular formula is C25H22F5N5O7. The zero-order valence-electron chi connectivity index (χ0n) is 21.3. The maximum atomic E-state index is 14.3. The Morgan fingerprint density at radius 2 is 1.52 bits per heavy atom. The van der Waals surface area contributed by atoms with Crippen LogP contribution in [0.15, 0.2) is 24.4 Å². The number of alkyl halides is 3.